The molecule has 2 rings (SSSR count). The van der Waals surface area contributed by atoms with Crippen LogP contribution < -0.4 is 5.32 Å². The van der Waals surface area contributed by atoms with Gasteiger partial charge in [0.25, 0.3) is 5.91 Å². The molecule has 0 spiro atoms. The lowest BCUT2D eigenvalue weighted by atomic mass is 9.99. The minimum Gasteiger partial charge on any atom is -0.379 e. The lowest BCUT2D eigenvalue weighted by molar-refractivity contribution is 0.0730. The summed E-state index contributed by atoms with van der Waals surface area (Å²) in [5.41, 5.74) is 1.03. The third kappa shape index (κ3) is 5.77. The number of unbranched alkanes of at least 4 members (excludes halogenated alkanes) is 1. The maximum absolute atomic E-state index is 13.0. The van der Waals surface area contributed by atoms with Crippen molar-refractivity contribution in [2.75, 3.05) is 32.8 Å². The average Bonchev–Trinajstić information content (AvgIpc) is 2.68. The summed E-state index contributed by atoms with van der Waals surface area (Å²) in [6.45, 7) is 8.14. The number of carbonyl (C=O) groups is 1. The molecule has 6 nitrogen and oxygen atoms in total. The van der Waals surface area contributed by atoms with Gasteiger partial charge in [-0.1, -0.05) is 39.2 Å². The van der Waals surface area contributed by atoms with E-state index in [0.717, 1.165) is 25.7 Å². The third-order valence-electron chi connectivity index (χ3n) is 5.13. The monoisotopic (exact) mass is 396 g/mol. The number of benzene rings is 1. The van der Waals surface area contributed by atoms with Crippen LogP contribution in [0.5, 0.6) is 0 Å². The Morgan fingerprint density at radius 1 is 1.26 bits per heavy atom. The number of carbonyl (C=O) groups excluding carboxylic acids is 1. The van der Waals surface area contributed by atoms with Gasteiger partial charge in [-0.15, -0.1) is 0 Å². The molecular weight excluding hydrogens is 364 g/mol. The van der Waals surface area contributed by atoms with Gasteiger partial charge in [0.05, 0.1) is 18.1 Å². The number of amides is 1. The molecule has 1 aliphatic rings. The Morgan fingerprint density at radius 2 is 1.96 bits per heavy atom. The van der Waals surface area contributed by atoms with Gasteiger partial charge in [0.2, 0.25) is 10.0 Å². The number of nitrogens with zero attached hydrogens (tertiary/aromatic N) is 1. The van der Waals surface area contributed by atoms with Crippen LogP contribution in [-0.2, 0) is 14.8 Å². The second kappa shape index (κ2) is 10.2. The number of hydrogen-bond donors (Lipinski definition) is 1. The fraction of sp³-hybridized carbons (Fsp3) is 0.650. The molecule has 0 radical (unpaired) electrons. The number of hydrogen-bond acceptors (Lipinski definition) is 4. The van der Waals surface area contributed by atoms with Crippen molar-refractivity contribution < 1.29 is 17.9 Å². The fourth-order valence-electron chi connectivity index (χ4n) is 3.23. The van der Waals surface area contributed by atoms with Crippen LogP contribution in [0, 0.1) is 12.8 Å². The Labute approximate surface area is 163 Å². The number of nitrogens with one attached hydrogen (secondary N) is 1. The minimum atomic E-state index is -3.62. The summed E-state index contributed by atoms with van der Waals surface area (Å²) >= 11 is 0. The van der Waals surface area contributed by atoms with Crippen molar-refractivity contribution in [1.29, 1.82) is 0 Å². The van der Waals surface area contributed by atoms with Gasteiger partial charge < -0.3 is 10.1 Å². The summed E-state index contributed by atoms with van der Waals surface area (Å²) in [6, 6.07) is 4.90. The summed E-state index contributed by atoms with van der Waals surface area (Å²) in [7, 11) is -3.62. The predicted molar refractivity (Wildman–Crippen MR) is 106 cm³/mol. The van der Waals surface area contributed by atoms with Gasteiger partial charge in [-0.25, -0.2) is 8.42 Å². The average molecular weight is 397 g/mol. The van der Waals surface area contributed by atoms with E-state index in [4.69, 9.17) is 4.74 Å². The molecule has 27 heavy (non-hydrogen) atoms. The molecule has 0 aromatic heterocycles. The Bertz CT molecular complexity index is 727. The van der Waals surface area contributed by atoms with Crippen LogP contribution in [0.3, 0.4) is 0 Å². The van der Waals surface area contributed by atoms with Crippen molar-refractivity contribution in [3.8, 4) is 0 Å². The summed E-state index contributed by atoms with van der Waals surface area (Å²) in [5.74, 6) is 0.235. The summed E-state index contributed by atoms with van der Waals surface area (Å²) in [6.07, 6.45) is 4.41. The normalized spacial score (nSPS) is 16.9. The zero-order chi connectivity index (χ0) is 19.9. The molecule has 0 unspecified atom stereocenters. The molecule has 1 aliphatic heterocycles. The molecule has 0 saturated carbocycles. The molecule has 152 valence electrons. The van der Waals surface area contributed by atoms with Crippen molar-refractivity contribution in [2.45, 2.75) is 51.3 Å². The Morgan fingerprint density at radius 3 is 2.59 bits per heavy atom. The van der Waals surface area contributed by atoms with Crippen LogP contribution in [-0.4, -0.2) is 51.5 Å². The molecule has 7 heteroatoms. The minimum absolute atomic E-state index is 0.204. The van der Waals surface area contributed by atoms with Gasteiger partial charge in [-0.2, -0.15) is 4.31 Å². The smallest absolute Gasteiger partial charge is 0.251 e. The number of ether oxygens (including phenoxy) is 1. The van der Waals surface area contributed by atoms with E-state index in [1.54, 1.807) is 19.1 Å². The molecule has 1 saturated heterocycles. The van der Waals surface area contributed by atoms with E-state index in [1.165, 1.54) is 10.4 Å². The van der Waals surface area contributed by atoms with Gasteiger partial charge in [0.1, 0.15) is 0 Å². The first-order valence-electron chi connectivity index (χ1n) is 9.86. The second-order valence-electron chi connectivity index (χ2n) is 7.12. The first kappa shape index (κ1) is 21.9. The van der Waals surface area contributed by atoms with Crippen LogP contribution in [0.1, 0.15) is 55.5 Å². The van der Waals surface area contributed by atoms with Crippen LogP contribution in [0.15, 0.2) is 23.1 Å². The van der Waals surface area contributed by atoms with Crippen LogP contribution in [0.4, 0.5) is 0 Å². The SMILES string of the molecule is CCCC[C@H](CC)CNC(=O)c1ccc(C)c(S(=O)(=O)N2CCOCC2)c1. The van der Waals surface area contributed by atoms with E-state index in [-0.39, 0.29) is 10.8 Å². The summed E-state index contributed by atoms with van der Waals surface area (Å²) in [4.78, 5) is 12.8. The highest BCUT2D eigenvalue weighted by atomic mass is 32.2. The van der Waals surface area contributed by atoms with Crippen LogP contribution in [0.25, 0.3) is 0 Å². The zero-order valence-corrected chi connectivity index (χ0v) is 17.5. The van der Waals surface area contributed by atoms with Crippen LogP contribution in [0.2, 0.25) is 0 Å². The van der Waals surface area contributed by atoms with Crippen LogP contribution >= 0.6 is 0 Å². The Balaban J connectivity index is 2.12. The highest BCUT2D eigenvalue weighted by Crippen LogP contribution is 2.22. The van der Waals surface area contributed by atoms with Gasteiger partial charge >= 0.3 is 0 Å². The molecule has 1 heterocycles. The molecule has 0 aliphatic carbocycles. The van der Waals surface area contributed by atoms with Crippen molar-refractivity contribution in [3.05, 3.63) is 29.3 Å². The highest BCUT2D eigenvalue weighted by Gasteiger charge is 2.28. The first-order chi connectivity index (χ1) is 12.9. The van der Waals surface area contributed by atoms with Gasteiger partial charge in [-0.05, 0) is 37.0 Å². The van der Waals surface area contributed by atoms with Crippen molar-refractivity contribution in [3.63, 3.8) is 0 Å². The van der Waals surface area contributed by atoms with Crippen molar-refractivity contribution in [1.82, 2.24) is 9.62 Å². The number of morpholine rings is 1. The van der Waals surface area contributed by atoms with Gasteiger partial charge in [0.15, 0.2) is 0 Å². The highest BCUT2D eigenvalue weighted by molar-refractivity contribution is 7.89. The van der Waals surface area contributed by atoms with Gasteiger partial charge in [-0.3, -0.25) is 4.79 Å². The number of aryl methyl sites for hydroxylation is 1. The predicted octanol–water partition coefficient (Wildman–Crippen LogP) is 2.96. The van der Waals surface area contributed by atoms with E-state index in [0.29, 0.717) is 49.9 Å². The van der Waals surface area contributed by atoms with E-state index < -0.39 is 10.0 Å². The fourth-order valence-corrected chi connectivity index (χ4v) is 4.89. The van der Waals surface area contributed by atoms with Crippen molar-refractivity contribution >= 4 is 15.9 Å². The largest absolute Gasteiger partial charge is 0.379 e. The second-order valence-corrected chi connectivity index (χ2v) is 9.03. The third-order valence-corrected chi connectivity index (χ3v) is 7.17. The standard InChI is InChI=1S/C20H32N2O4S/c1-4-6-7-17(5-2)15-21-20(23)18-9-8-16(3)19(14-18)27(24,25)22-10-12-26-13-11-22/h8-9,14,17H,4-7,10-13,15H2,1-3H3,(H,21,23)/t17-/m0/s1. The van der Waals surface area contributed by atoms with E-state index in [2.05, 4.69) is 19.2 Å². The lowest BCUT2D eigenvalue weighted by Crippen LogP contribution is -2.41. The first-order valence-corrected chi connectivity index (χ1v) is 11.3. The zero-order valence-electron chi connectivity index (χ0n) is 16.7. The molecule has 1 aromatic rings. The summed E-state index contributed by atoms with van der Waals surface area (Å²) in [5, 5.41) is 2.97. The Kier molecular flexibility index (Phi) is 8.26. The van der Waals surface area contributed by atoms with E-state index in [1.807, 2.05) is 0 Å². The quantitative estimate of drug-likeness (QED) is 0.696. The lowest BCUT2D eigenvalue weighted by Gasteiger charge is -2.26. The van der Waals surface area contributed by atoms with E-state index >= 15 is 0 Å². The molecular formula is C20H32N2O4S. The molecule has 1 N–H and O–H groups in total. The van der Waals surface area contributed by atoms with E-state index in [9.17, 15) is 13.2 Å². The number of rotatable bonds is 9. The molecule has 1 amide bonds. The summed E-state index contributed by atoms with van der Waals surface area (Å²) < 4.78 is 32.6. The van der Waals surface area contributed by atoms with Crippen molar-refractivity contribution in [2.24, 2.45) is 5.92 Å². The molecule has 1 aromatic carbocycles. The molecule has 1 fully saturated rings. The maximum Gasteiger partial charge on any atom is 0.251 e. The molecule has 0 bridgehead atoms. The topological polar surface area (TPSA) is 75.7 Å². The Hall–Kier alpha value is -1.44. The maximum atomic E-state index is 13.0. The van der Waals surface area contributed by atoms with Gasteiger partial charge in [0, 0.05) is 25.2 Å². The number of sulfonamides is 1. The molecule has 1 atom stereocenters.